The molecule has 5 nitrogen and oxygen atoms in total. The summed E-state index contributed by atoms with van der Waals surface area (Å²) in [6.45, 7) is 5.25. The molecule has 0 fully saturated rings. The molecule has 0 bridgehead atoms. The monoisotopic (exact) mass is 288 g/mol. The van der Waals surface area contributed by atoms with E-state index in [1.54, 1.807) is 0 Å². The molecule has 0 rings (SSSR count). The minimum atomic E-state index is -0.199. The largest absolute Gasteiger partial charge is 0.463 e. The first kappa shape index (κ1) is 18.9. The van der Waals surface area contributed by atoms with Crippen LogP contribution in [0.5, 0.6) is 0 Å². The average molecular weight is 288 g/mol. The molecule has 0 heterocycles. The molecule has 5 heteroatoms. The van der Waals surface area contributed by atoms with Crippen LogP contribution in [0.1, 0.15) is 58.8 Å². The summed E-state index contributed by atoms with van der Waals surface area (Å²) in [7, 11) is 0. The van der Waals surface area contributed by atoms with Crippen LogP contribution in [0, 0.1) is 0 Å². The van der Waals surface area contributed by atoms with Crippen molar-refractivity contribution < 1.29 is 23.8 Å². The number of esters is 2. The number of unbranched alkanes of at least 4 members (excludes halogenated alkanes) is 3. The molecular formula is C15H28O5. The first-order valence-corrected chi connectivity index (χ1v) is 7.59. The summed E-state index contributed by atoms with van der Waals surface area (Å²) in [5.41, 5.74) is 0. The summed E-state index contributed by atoms with van der Waals surface area (Å²) in [6.07, 6.45) is 5.99. The minimum Gasteiger partial charge on any atom is -0.463 e. The zero-order valence-electron chi connectivity index (χ0n) is 12.8. The minimum absolute atomic E-state index is 0.168. The third kappa shape index (κ3) is 13.3. The van der Waals surface area contributed by atoms with Crippen LogP contribution in [0.4, 0.5) is 0 Å². The smallest absolute Gasteiger partial charge is 0.305 e. The Hall–Kier alpha value is -1.10. The van der Waals surface area contributed by atoms with Gasteiger partial charge in [0.15, 0.2) is 0 Å². The predicted octanol–water partition coefficient (Wildman–Crippen LogP) is 2.86. The van der Waals surface area contributed by atoms with Gasteiger partial charge in [0, 0.05) is 12.8 Å². The van der Waals surface area contributed by atoms with Crippen LogP contribution in [0.2, 0.25) is 0 Å². The lowest BCUT2D eigenvalue weighted by Gasteiger charge is -2.07. The Morgan fingerprint density at radius 3 is 1.85 bits per heavy atom. The highest BCUT2D eigenvalue weighted by Gasteiger charge is 2.03. The van der Waals surface area contributed by atoms with Gasteiger partial charge >= 0.3 is 11.9 Å². The Labute approximate surface area is 122 Å². The second-order valence-corrected chi connectivity index (χ2v) is 4.61. The molecule has 0 aromatic rings. The van der Waals surface area contributed by atoms with Crippen molar-refractivity contribution in [3.63, 3.8) is 0 Å². The summed E-state index contributed by atoms with van der Waals surface area (Å²) >= 11 is 0. The quantitative estimate of drug-likeness (QED) is 0.385. The molecule has 0 aromatic heterocycles. The van der Waals surface area contributed by atoms with Gasteiger partial charge in [-0.05, 0) is 12.8 Å². The molecule has 118 valence electrons. The number of rotatable bonds is 13. The maximum absolute atomic E-state index is 11.3. The van der Waals surface area contributed by atoms with Gasteiger partial charge in [-0.1, -0.05) is 33.1 Å². The maximum Gasteiger partial charge on any atom is 0.305 e. The SMILES string of the molecule is CCCCCCC(=O)OCCOCCOC(=O)CCC. The van der Waals surface area contributed by atoms with Gasteiger partial charge in [-0.2, -0.15) is 0 Å². The standard InChI is InChI=1S/C15H28O5/c1-3-5-6-7-9-15(17)20-13-11-18-10-12-19-14(16)8-4-2/h3-13H2,1-2H3. The molecule has 0 unspecified atom stereocenters. The van der Waals surface area contributed by atoms with Gasteiger partial charge in [0.05, 0.1) is 13.2 Å². The van der Waals surface area contributed by atoms with Crippen LogP contribution < -0.4 is 0 Å². The molecule has 20 heavy (non-hydrogen) atoms. The second kappa shape index (κ2) is 14.3. The van der Waals surface area contributed by atoms with Crippen molar-refractivity contribution in [1.29, 1.82) is 0 Å². The van der Waals surface area contributed by atoms with Gasteiger partial charge < -0.3 is 14.2 Å². The van der Waals surface area contributed by atoms with Crippen molar-refractivity contribution >= 4 is 11.9 Å². The maximum atomic E-state index is 11.3. The van der Waals surface area contributed by atoms with Gasteiger partial charge in [-0.25, -0.2) is 0 Å². The third-order valence-corrected chi connectivity index (χ3v) is 2.67. The van der Waals surface area contributed by atoms with Crippen molar-refractivity contribution in [1.82, 2.24) is 0 Å². The molecule has 0 saturated heterocycles. The topological polar surface area (TPSA) is 61.8 Å². The van der Waals surface area contributed by atoms with E-state index in [1.165, 1.54) is 0 Å². The van der Waals surface area contributed by atoms with Crippen LogP contribution >= 0.6 is 0 Å². The van der Waals surface area contributed by atoms with Crippen LogP contribution in [0.15, 0.2) is 0 Å². The summed E-state index contributed by atoms with van der Waals surface area (Å²) < 4.78 is 15.1. The average Bonchev–Trinajstić information content (AvgIpc) is 2.43. The summed E-state index contributed by atoms with van der Waals surface area (Å²) in [6, 6.07) is 0. The van der Waals surface area contributed by atoms with Gasteiger partial charge in [0.25, 0.3) is 0 Å². The van der Waals surface area contributed by atoms with Crippen LogP contribution in [-0.2, 0) is 23.8 Å². The van der Waals surface area contributed by atoms with E-state index in [0.29, 0.717) is 26.1 Å². The normalized spacial score (nSPS) is 10.3. The molecule has 0 aliphatic rings. The fourth-order valence-corrected chi connectivity index (χ4v) is 1.58. The van der Waals surface area contributed by atoms with Gasteiger partial charge in [0.1, 0.15) is 13.2 Å². The Morgan fingerprint density at radius 1 is 0.700 bits per heavy atom. The van der Waals surface area contributed by atoms with Crippen LogP contribution in [-0.4, -0.2) is 38.4 Å². The first-order chi connectivity index (χ1) is 9.70. The van der Waals surface area contributed by atoms with E-state index in [-0.39, 0.29) is 25.2 Å². The highest BCUT2D eigenvalue weighted by molar-refractivity contribution is 5.69. The van der Waals surface area contributed by atoms with Gasteiger partial charge in [-0.15, -0.1) is 0 Å². The summed E-state index contributed by atoms with van der Waals surface area (Å²) in [4.78, 5) is 22.3. The molecule has 0 spiro atoms. The van der Waals surface area contributed by atoms with E-state index in [0.717, 1.165) is 32.1 Å². The van der Waals surface area contributed by atoms with Crippen molar-refractivity contribution in [2.45, 2.75) is 58.8 Å². The highest BCUT2D eigenvalue weighted by atomic mass is 16.6. The molecule has 0 saturated carbocycles. The number of carbonyl (C=O) groups excluding carboxylic acids is 2. The Balaban J connectivity index is 3.23. The van der Waals surface area contributed by atoms with Crippen molar-refractivity contribution in [3.05, 3.63) is 0 Å². The number of carbonyl (C=O) groups is 2. The van der Waals surface area contributed by atoms with Gasteiger partial charge in [-0.3, -0.25) is 9.59 Å². The number of hydrogen-bond acceptors (Lipinski definition) is 5. The molecule has 0 amide bonds. The molecule has 0 N–H and O–H groups in total. The Kier molecular flexibility index (Phi) is 13.5. The Bertz CT molecular complexity index is 253. The third-order valence-electron chi connectivity index (χ3n) is 2.67. The molecule has 0 aliphatic carbocycles. The van der Waals surface area contributed by atoms with Crippen LogP contribution in [0.25, 0.3) is 0 Å². The number of ether oxygens (including phenoxy) is 3. The fraction of sp³-hybridized carbons (Fsp3) is 0.867. The zero-order chi connectivity index (χ0) is 15.1. The van der Waals surface area contributed by atoms with Crippen molar-refractivity contribution in [3.8, 4) is 0 Å². The van der Waals surface area contributed by atoms with Crippen LogP contribution in [0.3, 0.4) is 0 Å². The molecule has 0 atom stereocenters. The summed E-state index contributed by atoms with van der Waals surface area (Å²) in [5.74, 6) is -0.367. The lowest BCUT2D eigenvalue weighted by Crippen LogP contribution is -2.14. The first-order valence-electron chi connectivity index (χ1n) is 7.59. The van der Waals surface area contributed by atoms with E-state index in [2.05, 4.69) is 6.92 Å². The van der Waals surface area contributed by atoms with E-state index < -0.39 is 0 Å². The lowest BCUT2D eigenvalue weighted by atomic mass is 10.2. The van der Waals surface area contributed by atoms with Crippen molar-refractivity contribution in [2.75, 3.05) is 26.4 Å². The predicted molar refractivity (Wildman–Crippen MR) is 76.4 cm³/mol. The molecule has 0 radical (unpaired) electrons. The molecule has 0 aromatic carbocycles. The van der Waals surface area contributed by atoms with Gasteiger partial charge in [0.2, 0.25) is 0 Å². The second-order valence-electron chi connectivity index (χ2n) is 4.61. The fourth-order valence-electron chi connectivity index (χ4n) is 1.58. The van der Waals surface area contributed by atoms with E-state index >= 15 is 0 Å². The van der Waals surface area contributed by atoms with E-state index in [1.807, 2.05) is 6.92 Å². The molecule has 0 aliphatic heterocycles. The lowest BCUT2D eigenvalue weighted by molar-refractivity contribution is -0.146. The van der Waals surface area contributed by atoms with E-state index in [9.17, 15) is 9.59 Å². The summed E-state index contributed by atoms with van der Waals surface area (Å²) in [5, 5.41) is 0. The van der Waals surface area contributed by atoms with E-state index in [4.69, 9.17) is 14.2 Å². The van der Waals surface area contributed by atoms with Crippen molar-refractivity contribution in [2.24, 2.45) is 0 Å². The number of hydrogen-bond donors (Lipinski definition) is 0. The zero-order valence-corrected chi connectivity index (χ0v) is 12.8. The highest BCUT2D eigenvalue weighted by Crippen LogP contribution is 2.03. The molecular weight excluding hydrogens is 260 g/mol. The Morgan fingerprint density at radius 2 is 1.30 bits per heavy atom.